The van der Waals surface area contributed by atoms with Crippen LogP contribution in [-0.4, -0.2) is 17.2 Å². The van der Waals surface area contributed by atoms with Crippen molar-refractivity contribution < 1.29 is 326 Å². The van der Waals surface area contributed by atoms with Crippen LogP contribution in [0.2, 0.25) is 0 Å². The summed E-state index contributed by atoms with van der Waals surface area (Å²) in [4.78, 5) is 0. The van der Waals surface area contributed by atoms with Crippen LogP contribution in [0.3, 0.4) is 0 Å². The van der Waals surface area contributed by atoms with Gasteiger partial charge in [0.1, 0.15) is 0 Å². The number of nitrogens with one attached hydrogen (secondary N) is 1. The van der Waals surface area contributed by atoms with Gasteiger partial charge in [0.2, 0.25) is 0 Å². The van der Waals surface area contributed by atoms with E-state index in [4.69, 9.17) is 16.7 Å². The zero-order chi connectivity index (χ0) is 46.6. The molecule has 0 bridgehead atoms. The van der Waals surface area contributed by atoms with Crippen molar-refractivity contribution in [2.75, 3.05) is 0 Å². The number of nitrogens with two attached hydrogens (primary N) is 2. The third kappa shape index (κ3) is 33.5. The number of hydrogen-bond acceptors (Lipinski definition) is 38. The van der Waals surface area contributed by atoms with E-state index in [0.29, 0.717) is 0 Å². The zero-order valence-electron chi connectivity index (χ0n) is 23.9. The van der Waals surface area contributed by atoms with E-state index in [1.54, 1.807) is 0 Å². The van der Waals surface area contributed by atoms with Gasteiger partial charge < -0.3 is 11.5 Å². The molecule has 0 fully saturated rings. The maximum atomic E-state index is 12.8. The van der Waals surface area contributed by atoms with Crippen molar-refractivity contribution in [2.24, 2.45) is 11.5 Å². The van der Waals surface area contributed by atoms with Crippen LogP contribution < -0.4 is 11.5 Å². The molecule has 0 heterocycles. The first kappa shape index (κ1) is 61.4. The molecule has 57 heavy (non-hydrogen) atoms. The Morgan fingerprint density at radius 2 is 0.456 bits per heavy atom. The number of rotatable bonds is 24. The van der Waals surface area contributed by atoms with Gasteiger partial charge in [-0.05, 0) is 0 Å². The van der Waals surface area contributed by atoms with Gasteiger partial charge >= 0.3 is 334 Å². The molecule has 0 unspecified atom stereocenters. The first-order valence-electron chi connectivity index (χ1n) is 9.61. The third-order valence-electron chi connectivity index (χ3n) is 2.06. The molecule has 344 valence electrons. The Kier molecular flexibility index (Phi) is 22.8. The molecule has 0 spiro atoms. The van der Waals surface area contributed by atoms with Crippen LogP contribution in [0.25, 0.3) is 0 Å². The number of hydrogen-bond donors (Lipinski definition) is 6. The van der Waals surface area contributed by atoms with E-state index in [9.17, 15) is 86.1 Å². The van der Waals surface area contributed by atoms with Crippen molar-refractivity contribution in [1.29, 1.82) is 5.41 Å². The van der Waals surface area contributed by atoms with Gasteiger partial charge in [-0.2, -0.15) is 0 Å². The predicted molar refractivity (Wildman–Crippen MR) is 59.9 cm³/mol. The monoisotopic (exact) mass is 1910 g/mol. The minimum atomic E-state index is -8.79. The van der Waals surface area contributed by atoms with Gasteiger partial charge in [-0.25, -0.2) is 0 Å². The van der Waals surface area contributed by atoms with E-state index in [0.717, 1.165) is 0 Å². The molecule has 0 aliphatic rings. The Balaban J connectivity index is 0. The molecular weight excluding hydrogens is 1880 g/mol. The maximum absolute atomic E-state index is 12.8. The van der Waals surface area contributed by atoms with Crippen LogP contribution in [0.1, 0.15) is 0 Å². The Morgan fingerprint density at radius 1 is 0.333 bits per heavy atom. The molecule has 0 saturated heterocycles. The summed E-state index contributed by atoms with van der Waals surface area (Å²) in [7, 11) is -7.91. The average Bonchev–Trinajstić information content (AvgIpc) is 2.64. The van der Waals surface area contributed by atoms with E-state index in [1.165, 1.54) is 0 Å². The summed E-state index contributed by atoms with van der Waals surface area (Å²) in [5.74, 6) is -0.333. The van der Waals surface area contributed by atoms with Crippen molar-refractivity contribution in [3.8, 4) is 0 Å². The van der Waals surface area contributed by atoms with Gasteiger partial charge in [-0.3, -0.25) is 5.41 Å². The molecule has 0 rings (SSSR count). The van der Waals surface area contributed by atoms with Gasteiger partial charge in [-0.15, -0.1) is 0 Å². The fourth-order valence-electron chi connectivity index (χ4n) is 1.41. The van der Waals surface area contributed by atoms with Gasteiger partial charge in [-0.1, -0.05) is 0 Å². The fraction of sp³-hybridized carbons (Fsp3) is 0. The van der Waals surface area contributed by atoms with Gasteiger partial charge in [0.25, 0.3) is 0 Å². The van der Waals surface area contributed by atoms with Crippen molar-refractivity contribution in [2.45, 2.75) is 0 Å². The molecule has 0 aliphatic carbocycles. The molecule has 0 aliphatic heterocycles. The molecule has 8 N–H and O–H groups in total. The van der Waals surface area contributed by atoms with Gasteiger partial charge in [0, 0.05) is 0 Å². The predicted octanol–water partition coefficient (Wildman–Crippen LogP) is -5.79. The Labute approximate surface area is 350 Å². The molecule has 0 radical (unpaired) electrons. The molecular formula is CH8Mo12N3O40P. The second-order valence-electron chi connectivity index (χ2n) is 6.70. The molecule has 0 amide bonds. The van der Waals surface area contributed by atoms with E-state index in [-0.39, 0.29) is 5.96 Å². The SMILES string of the molecule is N=C(N)N.O=P([O][Mo](=[O])(=[O])[O][Mo](=[O])(=[O])[O][Mo](=[O])(=[O])[O][Mo](=[O])(=[O])[OH])([O][Mo](=[O])(=[O])[O][Mo](=[O])(=[O])[O][Mo](=[O])(=[O])[O][Mo](=[O])(=[O])[OH])[O][Mo](=[O])(=[O])[O][Mo](=[O])(=[O])[O][Mo](=[O])(=[O])[O][Mo](=[O])(=[O])[OH]. The van der Waals surface area contributed by atoms with Crippen molar-refractivity contribution in [3.05, 3.63) is 0 Å². The Hall–Kier alpha value is 2.36. The quantitative estimate of drug-likeness (QED) is 0.0227. The van der Waals surface area contributed by atoms with E-state index in [2.05, 4.69) is 39.4 Å². The van der Waals surface area contributed by atoms with Crippen LogP contribution in [0, 0.1) is 5.41 Å². The van der Waals surface area contributed by atoms with Crippen LogP contribution in [-0.2, 0) is 315 Å². The van der Waals surface area contributed by atoms with Crippen molar-refractivity contribution >= 4 is 13.8 Å². The summed E-state index contributed by atoms with van der Waals surface area (Å²) in [6.45, 7) is 0. The first-order chi connectivity index (χ1) is 24.2. The van der Waals surface area contributed by atoms with Crippen LogP contribution in [0.15, 0.2) is 0 Å². The number of phosphoric acid groups is 1. The third-order valence-corrected chi connectivity index (χ3v) is 62.5. The topological polar surface area (TPSA) is 674 Å². The van der Waals surface area contributed by atoms with E-state index >= 15 is 0 Å². The minimum absolute atomic E-state index is 0.333. The summed E-state index contributed by atoms with van der Waals surface area (Å²) in [5.41, 5.74) is 8.94. The van der Waals surface area contributed by atoms with E-state index in [1.807, 2.05) is 0 Å². The second-order valence-corrected chi connectivity index (χ2v) is 56.5. The normalized spacial score (nSPS) is 14.9. The molecule has 0 saturated carbocycles. The summed E-state index contributed by atoms with van der Waals surface area (Å²) in [6.07, 6.45) is 0. The fourth-order valence-corrected chi connectivity index (χ4v) is 60.4. The average molecular weight is 1880 g/mol. The van der Waals surface area contributed by atoms with Gasteiger partial charge in [0.15, 0.2) is 5.96 Å². The molecule has 0 aromatic rings. The van der Waals surface area contributed by atoms with E-state index < -0.39 is 209 Å². The molecule has 0 aromatic heterocycles. The van der Waals surface area contributed by atoms with Crippen LogP contribution in [0.5, 0.6) is 0 Å². The summed E-state index contributed by atoms with van der Waals surface area (Å²) < 4.78 is 347. The second kappa shape index (κ2) is 21.1. The molecule has 43 nitrogen and oxygen atoms in total. The van der Waals surface area contributed by atoms with Crippen molar-refractivity contribution in [1.82, 2.24) is 0 Å². The first-order valence-corrected chi connectivity index (χ1v) is 50.6. The van der Waals surface area contributed by atoms with Crippen LogP contribution in [0.4, 0.5) is 0 Å². The van der Waals surface area contributed by atoms with Gasteiger partial charge in [0.05, 0.1) is 0 Å². The Bertz CT molecular complexity index is 2630. The summed E-state index contributed by atoms with van der Waals surface area (Å²) >= 11 is -97.4. The number of guanidine groups is 1. The Morgan fingerprint density at radius 3 is 0.596 bits per heavy atom. The van der Waals surface area contributed by atoms with Crippen LogP contribution >= 0.6 is 7.82 Å². The molecule has 56 heteroatoms. The summed E-state index contributed by atoms with van der Waals surface area (Å²) in [5, 5.41) is 6.06. The van der Waals surface area contributed by atoms with Crippen molar-refractivity contribution in [3.63, 3.8) is 0 Å². The zero-order valence-corrected chi connectivity index (χ0v) is 48.9. The standard InChI is InChI=1S/CH5N3.12Mo.H3O4P.3H2O.33O/c2-1(3)4;;;;;;;;;;;;;1-5(2,3)4;;;;;;;;;;;;;;;;;;;;;;;;;;;;;;;;;;;;/h(H5,2,3,4);;;;;;;;;;;;;(H3,1,2,3,4);3*1H2;;;;;;;;;;;;;;;;;;;;;;;;;;;;;;;;;/q;;;;;;;6*+1;;;;;;;;;;;;;;;;;;;;;;;;;;;;;;;;;;;;;/p-6. The molecule has 0 atom stereocenters. The summed E-state index contributed by atoms with van der Waals surface area (Å²) in [6, 6.07) is 0. The molecule has 0 aromatic carbocycles.